The molecule has 1 aromatic carbocycles. The molecular formula is C34H29F2N5O3. The van der Waals surface area contributed by atoms with Gasteiger partial charge in [-0.15, -0.1) is 0 Å². The molecule has 0 atom stereocenters. The molecule has 10 heteroatoms. The second-order valence-corrected chi connectivity index (χ2v) is 10.8. The molecule has 8 nitrogen and oxygen atoms in total. The molecule has 1 aliphatic rings. The number of hydrogen-bond donors (Lipinski definition) is 1. The highest BCUT2D eigenvalue weighted by molar-refractivity contribution is 5.98. The van der Waals surface area contributed by atoms with E-state index in [1.807, 2.05) is 30.3 Å². The Kier molecular flexibility index (Phi) is 7.97. The molecule has 222 valence electrons. The molecule has 0 unspecified atom stereocenters. The van der Waals surface area contributed by atoms with E-state index in [0.717, 1.165) is 27.6 Å². The van der Waals surface area contributed by atoms with Crippen LogP contribution in [0.1, 0.15) is 40.9 Å². The summed E-state index contributed by atoms with van der Waals surface area (Å²) in [5, 5.41) is 0.837. The number of fused-ring (bicyclic) bond motifs is 1. The van der Waals surface area contributed by atoms with Gasteiger partial charge in [-0.1, -0.05) is 6.07 Å². The Balaban J connectivity index is 1.23. The number of ketones is 1. The van der Waals surface area contributed by atoms with Gasteiger partial charge in [-0.25, -0.2) is 13.8 Å². The van der Waals surface area contributed by atoms with Crippen molar-refractivity contribution in [3.05, 3.63) is 102 Å². The van der Waals surface area contributed by atoms with Crippen molar-refractivity contribution in [3.63, 3.8) is 0 Å². The van der Waals surface area contributed by atoms with Crippen LogP contribution < -0.4 is 5.73 Å². The normalized spacial score (nSPS) is 14.7. The summed E-state index contributed by atoms with van der Waals surface area (Å²) in [7, 11) is 0. The van der Waals surface area contributed by atoms with E-state index < -0.39 is 5.92 Å². The van der Waals surface area contributed by atoms with Crippen molar-refractivity contribution in [1.82, 2.24) is 19.9 Å². The number of rotatable bonds is 8. The molecule has 1 aliphatic heterocycles. The lowest BCUT2D eigenvalue weighted by molar-refractivity contribution is -0.114. The summed E-state index contributed by atoms with van der Waals surface area (Å²) < 4.78 is 33.3. The van der Waals surface area contributed by atoms with Crippen molar-refractivity contribution < 1.29 is 22.8 Å². The van der Waals surface area contributed by atoms with Crippen molar-refractivity contribution in [2.75, 3.05) is 18.8 Å². The van der Waals surface area contributed by atoms with E-state index in [-0.39, 0.29) is 44.0 Å². The van der Waals surface area contributed by atoms with E-state index in [0.29, 0.717) is 34.8 Å². The molecule has 0 radical (unpaired) electrons. The summed E-state index contributed by atoms with van der Waals surface area (Å²) in [4.78, 5) is 39.7. The number of nitrogens with zero attached hydrogens (tertiary/aromatic N) is 4. The van der Waals surface area contributed by atoms with E-state index in [1.165, 1.54) is 17.2 Å². The van der Waals surface area contributed by atoms with Gasteiger partial charge in [0.2, 0.25) is 0 Å². The third kappa shape index (κ3) is 6.54. The summed E-state index contributed by atoms with van der Waals surface area (Å²) in [6.07, 6.45) is 9.77. The number of likely N-dealkylation sites (tertiary alicyclic amines) is 1. The maximum atomic E-state index is 13.5. The zero-order valence-corrected chi connectivity index (χ0v) is 23.7. The highest BCUT2D eigenvalue weighted by Gasteiger charge is 2.35. The smallest absolute Gasteiger partial charge is 0.255 e. The largest absolute Gasteiger partial charge is 0.460 e. The van der Waals surface area contributed by atoms with Crippen LogP contribution in [0.4, 0.5) is 14.6 Å². The Bertz CT molecular complexity index is 1830. The van der Waals surface area contributed by atoms with Crippen molar-refractivity contribution in [1.29, 1.82) is 0 Å². The molecule has 4 aromatic heterocycles. The van der Waals surface area contributed by atoms with Crippen LogP contribution in [0.5, 0.6) is 0 Å². The number of alkyl halides is 2. The number of furan rings is 1. The number of carbonyl (C=O) groups excluding carboxylic acids is 2. The van der Waals surface area contributed by atoms with E-state index in [1.54, 1.807) is 48.9 Å². The highest BCUT2D eigenvalue weighted by atomic mass is 19.3. The summed E-state index contributed by atoms with van der Waals surface area (Å²) in [5.74, 6) is -1.99. The molecule has 0 aliphatic carbocycles. The number of benzene rings is 1. The second-order valence-electron chi connectivity index (χ2n) is 10.8. The van der Waals surface area contributed by atoms with E-state index >= 15 is 0 Å². The maximum absolute atomic E-state index is 13.5. The van der Waals surface area contributed by atoms with Crippen LogP contribution in [0.15, 0.2) is 89.9 Å². The number of piperidine rings is 1. The lowest BCUT2D eigenvalue weighted by atomic mass is 9.99. The number of halogens is 2. The first-order chi connectivity index (χ1) is 21.2. The topological polar surface area (TPSA) is 115 Å². The summed E-state index contributed by atoms with van der Waals surface area (Å²) >= 11 is 0. The number of hydrogen-bond acceptors (Lipinski definition) is 7. The summed E-state index contributed by atoms with van der Waals surface area (Å²) in [6.45, 7) is 0.0347. The van der Waals surface area contributed by atoms with Gasteiger partial charge in [-0.3, -0.25) is 19.6 Å². The second kappa shape index (κ2) is 12.2. The molecule has 0 spiro atoms. The first-order valence-corrected chi connectivity index (χ1v) is 14.3. The van der Waals surface area contributed by atoms with Crippen LogP contribution in [0.25, 0.3) is 39.4 Å². The minimum Gasteiger partial charge on any atom is -0.460 e. The standard InChI is InChI=1S/C34H29F2N5O3/c35-34(36)11-14-41(15-12-34)33(43)24-5-9-30(39-21-24)25-16-26-17-28(44-32(26)29(18-25)23-2-1-13-38-20-23)8-7-27(42)6-3-22-4-10-31(37)40-19-22/h1-6,9-10,13,16-21H,7-8,11-12,14-15H2,(H2,37,40)/b6-3+. The fourth-order valence-electron chi connectivity index (χ4n) is 5.16. The van der Waals surface area contributed by atoms with E-state index in [2.05, 4.69) is 15.0 Å². The summed E-state index contributed by atoms with van der Waals surface area (Å²) in [5.41, 5.74) is 10.5. The lowest BCUT2D eigenvalue weighted by Crippen LogP contribution is -2.42. The van der Waals surface area contributed by atoms with Gasteiger partial charge in [0, 0.05) is 85.6 Å². The van der Waals surface area contributed by atoms with Gasteiger partial charge in [-0.05, 0) is 66.2 Å². The predicted molar refractivity (Wildman–Crippen MR) is 164 cm³/mol. The number of aromatic nitrogens is 3. The molecule has 1 saturated heterocycles. The first-order valence-electron chi connectivity index (χ1n) is 14.3. The van der Waals surface area contributed by atoms with Crippen molar-refractivity contribution in [2.45, 2.75) is 31.6 Å². The number of aryl methyl sites for hydroxylation is 1. The van der Waals surface area contributed by atoms with Crippen LogP contribution in [-0.4, -0.2) is 50.6 Å². The van der Waals surface area contributed by atoms with Crippen molar-refractivity contribution in [2.24, 2.45) is 0 Å². The number of allylic oxidation sites excluding steroid dienone is 1. The lowest BCUT2D eigenvalue weighted by Gasteiger charge is -2.31. The Morgan fingerprint density at radius 1 is 0.977 bits per heavy atom. The number of anilines is 1. The monoisotopic (exact) mass is 593 g/mol. The number of nitrogens with two attached hydrogens (primary N) is 1. The molecule has 0 saturated carbocycles. The fourth-order valence-corrected chi connectivity index (χ4v) is 5.16. The van der Waals surface area contributed by atoms with Crippen molar-refractivity contribution >= 4 is 34.6 Å². The van der Waals surface area contributed by atoms with E-state index in [4.69, 9.17) is 10.2 Å². The highest BCUT2D eigenvalue weighted by Crippen LogP contribution is 2.36. The first kappa shape index (κ1) is 28.9. The third-order valence-corrected chi connectivity index (χ3v) is 7.62. The molecule has 5 aromatic rings. The van der Waals surface area contributed by atoms with Crippen LogP contribution in [0.3, 0.4) is 0 Å². The number of nitrogen functional groups attached to an aromatic ring is 1. The Morgan fingerprint density at radius 3 is 2.52 bits per heavy atom. The van der Waals surface area contributed by atoms with Crippen LogP contribution in [-0.2, 0) is 11.2 Å². The van der Waals surface area contributed by atoms with Gasteiger partial charge in [0.05, 0.1) is 11.3 Å². The van der Waals surface area contributed by atoms with Gasteiger partial charge < -0.3 is 15.1 Å². The SMILES string of the molecule is Nc1ccc(/C=C/C(=O)CCc2cc3cc(-c4ccc(C(=O)N5CCC(F)(F)CC5)cn4)cc(-c4cccnc4)c3o2)cn1. The Morgan fingerprint density at radius 2 is 1.82 bits per heavy atom. The zero-order chi connectivity index (χ0) is 30.7. The molecule has 5 heterocycles. The average molecular weight is 594 g/mol. The molecule has 1 amide bonds. The van der Waals surface area contributed by atoms with Gasteiger partial charge in [0.25, 0.3) is 11.8 Å². The molecular weight excluding hydrogens is 564 g/mol. The maximum Gasteiger partial charge on any atom is 0.255 e. The fraction of sp³-hybridized carbons (Fsp3) is 0.206. The number of carbonyl (C=O) groups is 2. The van der Waals surface area contributed by atoms with E-state index in [9.17, 15) is 18.4 Å². The number of amides is 1. The van der Waals surface area contributed by atoms with Gasteiger partial charge in [0.15, 0.2) is 5.78 Å². The molecule has 44 heavy (non-hydrogen) atoms. The molecule has 6 rings (SSSR count). The van der Waals surface area contributed by atoms with Crippen LogP contribution in [0, 0.1) is 0 Å². The Hall–Kier alpha value is -5.25. The average Bonchev–Trinajstić information content (AvgIpc) is 3.46. The minimum absolute atomic E-state index is 0.0174. The molecule has 0 bridgehead atoms. The molecule has 2 N–H and O–H groups in total. The van der Waals surface area contributed by atoms with Gasteiger partial charge >= 0.3 is 0 Å². The summed E-state index contributed by atoms with van der Waals surface area (Å²) in [6, 6.07) is 16.5. The van der Waals surface area contributed by atoms with Gasteiger partial charge in [-0.2, -0.15) is 0 Å². The zero-order valence-electron chi connectivity index (χ0n) is 23.7. The predicted octanol–water partition coefficient (Wildman–Crippen LogP) is 6.62. The third-order valence-electron chi connectivity index (χ3n) is 7.62. The molecule has 1 fully saturated rings. The van der Waals surface area contributed by atoms with Crippen LogP contribution >= 0.6 is 0 Å². The van der Waals surface area contributed by atoms with Gasteiger partial charge in [0.1, 0.15) is 17.2 Å². The Labute approximate surface area is 252 Å². The van der Waals surface area contributed by atoms with Crippen LogP contribution in [0.2, 0.25) is 0 Å². The quantitative estimate of drug-likeness (QED) is 0.201. The minimum atomic E-state index is -2.72. The van der Waals surface area contributed by atoms with Crippen molar-refractivity contribution in [3.8, 4) is 22.4 Å². The number of pyridine rings is 3.